The van der Waals surface area contributed by atoms with E-state index >= 15 is 0 Å². The lowest BCUT2D eigenvalue weighted by atomic mass is 10.3. The Kier molecular flexibility index (Phi) is 5.26. The van der Waals surface area contributed by atoms with Crippen LogP contribution in [0.3, 0.4) is 0 Å². The van der Waals surface area contributed by atoms with Crippen molar-refractivity contribution >= 4 is 11.7 Å². The summed E-state index contributed by atoms with van der Waals surface area (Å²) in [7, 11) is 0. The molecule has 1 rings (SSSR count). The Hall–Kier alpha value is -1.78. The van der Waals surface area contributed by atoms with Crippen molar-refractivity contribution in [1.29, 1.82) is 0 Å². The lowest BCUT2D eigenvalue weighted by molar-refractivity contribution is -0.143. The first-order valence-corrected chi connectivity index (χ1v) is 5.47. The van der Waals surface area contributed by atoms with Crippen molar-refractivity contribution < 1.29 is 18.7 Å². The van der Waals surface area contributed by atoms with Gasteiger partial charge in [-0.3, -0.25) is 4.79 Å². The van der Waals surface area contributed by atoms with Gasteiger partial charge in [0.25, 0.3) is 0 Å². The van der Waals surface area contributed by atoms with Crippen molar-refractivity contribution in [2.45, 2.75) is 19.8 Å². The SMILES string of the molecule is CCOC(=O)CCCOc1c(N)cccc1F. The number of hydrogen-bond acceptors (Lipinski definition) is 4. The highest BCUT2D eigenvalue weighted by Crippen LogP contribution is 2.24. The summed E-state index contributed by atoms with van der Waals surface area (Å²) < 4.78 is 23.2. The number of rotatable bonds is 6. The van der Waals surface area contributed by atoms with Crippen molar-refractivity contribution in [3.63, 3.8) is 0 Å². The van der Waals surface area contributed by atoms with E-state index in [1.807, 2.05) is 0 Å². The monoisotopic (exact) mass is 241 g/mol. The Balaban J connectivity index is 2.34. The maximum Gasteiger partial charge on any atom is 0.305 e. The molecule has 0 aromatic heterocycles. The van der Waals surface area contributed by atoms with Crippen molar-refractivity contribution in [2.75, 3.05) is 18.9 Å². The first-order chi connectivity index (χ1) is 8.15. The third kappa shape index (κ3) is 4.30. The van der Waals surface area contributed by atoms with Gasteiger partial charge in [0.15, 0.2) is 11.6 Å². The Morgan fingerprint density at radius 1 is 1.47 bits per heavy atom. The summed E-state index contributed by atoms with van der Waals surface area (Å²) in [5.74, 6) is -0.741. The summed E-state index contributed by atoms with van der Waals surface area (Å²) in [6.07, 6.45) is 0.717. The van der Waals surface area contributed by atoms with Gasteiger partial charge in [0.05, 0.1) is 18.9 Å². The number of anilines is 1. The molecule has 0 amide bonds. The molecule has 5 heteroatoms. The Bertz CT molecular complexity index is 362. The van der Waals surface area contributed by atoms with Gasteiger partial charge in [-0.1, -0.05) is 6.07 Å². The van der Waals surface area contributed by atoms with Crippen molar-refractivity contribution in [2.24, 2.45) is 0 Å². The first-order valence-electron chi connectivity index (χ1n) is 5.47. The second-order valence-corrected chi connectivity index (χ2v) is 3.42. The van der Waals surface area contributed by atoms with Crippen LogP contribution in [-0.4, -0.2) is 19.2 Å². The predicted molar refractivity (Wildman–Crippen MR) is 62.2 cm³/mol. The van der Waals surface area contributed by atoms with E-state index in [1.54, 1.807) is 13.0 Å². The molecule has 0 spiro atoms. The smallest absolute Gasteiger partial charge is 0.305 e. The Labute approximate surface area is 99.5 Å². The van der Waals surface area contributed by atoms with Crippen molar-refractivity contribution in [3.8, 4) is 5.75 Å². The first kappa shape index (κ1) is 13.3. The van der Waals surface area contributed by atoms with Gasteiger partial charge in [-0.15, -0.1) is 0 Å². The third-order valence-electron chi connectivity index (χ3n) is 2.07. The summed E-state index contributed by atoms with van der Waals surface area (Å²) in [4.78, 5) is 11.0. The van der Waals surface area contributed by atoms with Crippen LogP contribution >= 0.6 is 0 Å². The van der Waals surface area contributed by atoms with Gasteiger partial charge >= 0.3 is 5.97 Å². The quantitative estimate of drug-likeness (QED) is 0.471. The molecular formula is C12H16FNO3. The molecule has 94 valence electrons. The van der Waals surface area contributed by atoms with E-state index in [0.29, 0.717) is 13.0 Å². The molecule has 4 nitrogen and oxygen atoms in total. The summed E-state index contributed by atoms with van der Waals surface area (Å²) >= 11 is 0. The highest BCUT2D eigenvalue weighted by atomic mass is 19.1. The molecule has 0 aliphatic carbocycles. The summed E-state index contributed by atoms with van der Waals surface area (Å²) in [6, 6.07) is 4.34. The average molecular weight is 241 g/mol. The number of nitrogens with two attached hydrogens (primary N) is 1. The second kappa shape index (κ2) is 6.73. The largest absolute Gasteiger partial charge is 0.488 e. The van der Waals surface area contributed by atoms with Crippen LogP contribution in [0.1, 0.15) is 19.8 Å². The fourth-order valence-corrected chi connectivity index (χ4v) is 1.30. The Morgan fingerprint density at radius 3 is 2.88 bits per heavy atom. The second-order valence-electron chi connectivity index (χ2n) is 3.42. The van der Waals surface area contributed by atoms with E-state index in [9.17, 15) is 9.18 Å². The lowest BCUT2D eigenvalue weighted by Crippen LogP contribution is -2.08. The highest BCUT2D eigenvalue weighted by molar-refractivity contribution is 5.69. The zero-order chi connectivity index (χ0) is 12.7. The van der Waals surface area contributed by atoms with Gasteiger partial charge in [-0.05, 0) is 25.5 Å². The van der Waals surface area contributed by atoms with Gasteiger partial charge in [0.1, 0.15) is 0 Å². The molecule has 0 bridgehead atoms. The van der Waals surface area contributed by atoms with Crippen LogP contribution in [0.4, 0.5) is 10.1 Å². The minimum Gasteiger partial charge on any atom is -0.488 e. The average Bonchev–Trinajstić information content (AvgIpc) is 2.28. The zero-order valence-electron chi connectivity index (χ0n) is 9.74. The van der Waals surface area contributed by atoms with Crippen LogP contribution in [0, 0.1) is 5.82 Å². The van der Waals surface area contributed by atoms with Gasteiger partial charge in [-0.2, -0.15) is 0 Å². The lowest BCUT2D eigenvalue weighted by Gasteiger charge is -2.09. The normalized spacial score (nSPS) is 10.0. The molecule has 0 saturated carbocycles. The molecular weight excluding hydrogens is 225 g/mol. The maximum absolute atomic E-state index is 13.3. The minimum atomic E-state index is -0.499. The van der Waals surface area contributed by atoms with E-state index in [2.05, 4.69) is 0 Å². The third-order valence-corrected chi connectivity index (χ3v) is 2.07. The van der Waals surface area contributed by atoms with Gasteiger partial charge in [0, 0.05) is 6.42 Å². The van der Waals surface area contributed by atoms with Crippen molar-refractivity contribution in [1.82, 2.24) is 0 Å². The number of benzene rings is 1. The number of carbonyl (C=O) groups excluding carboxylic acids is 1. The molecule has 0 atom stereocenters. The molecule has 0 aliphatic rings. The summed E-state index contributed by atoms with van der Waals surface area (Å²) in [5.41, 5.74) is 5.81. The fourth-order valence-electron chi connectivity index (χ4n) is 1.30. The van der Waals surface area contributed by atoms with Crippen LogP contribution < -0.4 is 10.5 Å². The molecule has 1 aromatic rings. The molecule has 0 saturated heterocycles. The van der Waals surface area contributed by atoms with E-state index in [4.69, 9.17) is 15.2 Å². The maximum atomic E-state index is 13.3. The summed E-state index contributed by atoms with van der Waals surface area (Å²) in [6.45, 7) is 2.33. The number of nitrogen functional groups attached to an aromatic ring is 1. The number of ether oxygens (including phenoxy) is 2. The molecule has 0 radical (unpaired) electrons. The number of para-hydroxylation sites is 1. The number of halogens is 1. The van der Waals surface area contributed by atoms with Crippen LogP contribution in [0.2, 0.25) is 0 Å². The molecule has 0 fully saturated rings. The summed E-state index contributed by atoms with van der Waals surface area (Å²) in [5, 5.41) is 0. The zero-order valence-corrected chi connectivity index (χ0v) is 9.74. The molecule has 1 aromatic carbocycles. The predicted octanol–water partition coefficient (Wildman–Crippen LogP) is 2.13. The van der Waals surface area contributed by atoms with E-state index in [-0.39, 0.29) is 30.4 Å². The van der Waals surface area contributed by atoms with E-state index in [0.717, 1.165) is 0 Å². The van der Waals surface area contributed by atoms with Gasteiger partial charge in [0.2, 0.25) is 0 Å². The van der Waals surface area contributed by atoms with Crippen LogP contribution in [-0.2, 0) is 9.53 Å². The molecule has 0 heterocycles. The van der Waals surface area contributed by atoms with Gasteiger partial charge < -0.3 is 15.2 Å². The molecule has 2 N–H and O–H groups in total. The molecule has 0 aliphatic heterocycles. The number of esters is 1. The molecule has 0 unspecified atom stereocenters. The number of hydrogen-bond donors (Lipinski definition) is 1. The van der Waals surface area contributed by atoms with E-state index in [1.165, 1.54) is 12.1 Å². The van der Waals surface area contributed by atoms with Gasteiger partial charge in [-0.25, -0.2) is 4.39 Å². The Morgan fingerprint density at radius 2 is 2.24 bits per heavy atom. The standard InChI is InChI=1S/C12H16FNO3/c1-2-16-11(15)7-4-8-17-12-9(13)5-3-6-10(12)14/h3,5-6H,2,4,7-8,14H2,1H3. The van der Waals surface area contributed by atoms with E-state index < -0.39 is 5.82 Å². The van der Waals surface area contributed by atoms with Crippen LogP contribution in [0.15, 0.2) is 18.2 Å². The minimum absolute atomic E-state index is 0.0383. The molecule has 17 heavy (non-hydrogen) atoms. The van der Waals surface area contributed by atoms with Crippen molar-refractivity contribution in [3.05, 3.63) is 24.0 Å². The number of carbonyl (C=O) groups is 1. The topological polar surface area (TPSA) is 61.5 Å². The van der Waals surface area contributed by atoms with Crippen LogP contribution in [0.25, 0.3) is 0 Å². The highest BCUT2D eigenvalue weighted by Gasteiger charge is 2.07. The van der Waals surface area contributed by atoms with Crippen LogP contribution in [0.5, 0.6) is 5.75 Å². The fraction of sp³-hybridized carbons (Fsp3) is 0.417.